The van der Waals surface area contributed by atoms with E-state index in [-0.39, 0.29) is 15.9 Å². The van der Waals surface area contributed by atoms with Gasteiger partial charge in [0.1, 0.15) is 5.82 Å². The van der Waals surface area contributed by atoms with Crippen LogP contribution in [0, 0.1) is 0 Å². The maximum Gasteiger partial charge on any atom is 0.417 e. The van der Waals surface area contributed by atoms with Gasteiger partial charge in [-0.25, -0.2) is 13.4 Å². The summed E-state index contributed by atoms with van der Waals surface area (Å²) in [6.45, 7) is 0. The molecule has 0 saturated carbocycles. The van der Waals surface area contributed by atoms with Crippen LogP contribution in [0.5, 0.6) is 0 Å². The summed E-state index contributed by atoms with van der Waals surface area (Å²) < 4.78 is 65.0. The van der Waals surface area contributed by atoms with Crippen molar-refractivity contribution >= 4 is 39.0 Å². The molecule has 2 rings (SSSR count). The predicted octanol–water partition coefficient (Wildman–Crippen LogP) is 4.23. The molecule has 0 atom stereocenters. The van der Waals surface area contributed by atoms with E-state index >= 15 is 0 Å². The van der Waals surface area contributed by atoms with Gasteiger partial charge in [-0.2, -0.15) is 13.2 Å². The first kappa shape index (κ1) is 17.8. The van der Waals surface area contributed by atoms with Crippen LogP contribution in [0.2, 0.25) is 10.0 Å². The minimum atomic E-state index is -4.87. The molecule has 4 nitrogen and oxygen atoms in total. The Kier molecular flexibility index (Phi) is 4.79. The van der Waals surface area contributed by atoms with Gasteiger partial charge in [0.05, 0.1) is 15.5 Å². The van der Waals surface area contributed by atoms with E-state index in [4.69, 9.17) is 23.2 Å². The van der Waals surface area contributed by atoms with Gasteiger partial charge in [0.2, 0.25) is 0 Å². The van der Waals surface area contributed by atoms with E-state index in [1.807, 2.05) is 0 Å². The van der Waals surface area contributed by atoms with E-state index < -0.39 is 26.7 Å². The van der Waals surface area contributed by atoms with Crippen LogP contribution >= 0.6 is 23.2 Å². The summed E-state index contributed by atoms with van der Waals surface area (Å²) in [4.78, 5) is 2.88. The summed E-state index contributed by atoms with van der Waals surface area (Å²) in [6.07, 6.45) is -3.68. The first-order valence-corrected chi connectivity index (χ1v) is 8.20. The van der Waals surface area contributed by atoms with Crippen molar-refractivity contribution in [2.45, 2.75) is 11.1 Å². The number of hydrogen-bond donors (Lipinski definition) is 0. The van der Waals surface area contributed by atoms with Gasteiger partial charge in [-0.3, -0.25) is 4.31 Å². The van der Waals surface area contributed by atoms with Crippen molar-refractivity contribution < 1.29 is 21.6 Å². The van der Waals surface area contributed by atoms with Gasteiger partial charge in [-0.1, -0.05) is 23.2 Å². The van der Waals surface area contributed by atoms with E-state index in [1.165, 1.54) is 18.3 Å². The Bertz CT molecular complexity index is 824. The normalized spacial score (nSPS) is 12.3. The second-order valence-electron chi connectivity index (χ2n) is 4.45. The van der Waals surface area contributed by atoms with Crippen molar-refractivity contribution in [2.24, 2.45) is 0 Å². The lowest BCUT2D eigenvalue weighted by atomic mass is 10.2. The number of anilines is 1. The summed E-state index contributed by atoms with van der Waals surface area (Å²) in [7, 11) is -3.39. The molecule has 0 aliphatic carbocycles. The molecule has 1 heterocycles. The highest BCUT2D eigenvalue weighted by Crippen LogP contribution is 2.37. The third kappa shape index (κ3) is 3.70. The lowest BCUT2D eigenvalue weighted by Gasteiger charge is -2.21. The van der Waals surface area contributed by atoms with E-state index in [1.54, 1.807) is 0 Å². The van der Waals surface area contributed by atoms with Crippen molar-refractivity contribution in [3.8, 4) is 0 Å². The van der Waals surface area contributed by atoms with Crippen LogP contribution < -0.4 is 4.31 Å². The summed E-state index contributed by atoms with van der Waals surface area (Å²) in [5, 5.41) is 0.0468. The average molecular weight is 385 g/mol. The zero-order valence-electron chi connectivity index (χ0n) is 11.5. The molecule has 0 spiro atoms. The first-order chi connectivity index (χ1) is 10.5. The maximum absolute atomic E-state index is 13.1. The highest BCUT2D eigenvalue weighted by atomic mass is 35.5. The average Bonchev–Trinajstić information content (AvgIpc) is 2.46. The highest BCUT2D eigenvalue weighted by molar-refractivity contribution is 7.92. The molecule has 2 aromatic rings. The Morgan fingerprint density at radius 1 is 1.09 bits per heavy atom. The minimum Gasteiger partial charge on any atom is -0.253 e. The van der Waals surface area contributed by atoms with Gasteiger partial charge >= 0.3 is 6.18 Å². The molecule has 124 valence electrons. The number of aromatic nitrogens is 1. The zero-order valence-corrected chi connectivity index (χ0v) is 13.8. The van der Waals surface area contributed by atoms with Crippen molar-refractivity contribution in [1.82, 2.24) is 4.98 Å². The summed E-state index contributed by atoms with van der Waals surface area (Å²) in [5.74, 6) is -0.0718. The van der Waals surface area contributed by atoms with E-state index in [9.17, 15) is 21.6 Å². The van der Waals surface area contributed by atoms with Crippen LogP contribution in [0.15, 0.2) is 41.4 Å². The van der Waals surface area contributed by atoms with Crippen LogP contribution in [-0.2, 0) is 16.2 Å². The molecule has 23 heavy (non-hydrogen) atoms. The van der Waals surface area contributed by atoms with Crippen LogP contribution in [0.3, 0.4) is 0 Å². The number of nitrogens with zero attached hydrogens (tertiary/aromatic N) is 2. The molecule has 0 amide bonds. The van der Waals surface area contributed by atoms with Crippen molar-refractivity contribution in [3.05, 3.63) is 52.1 Å². The summed E-state index contributed by atoms with van der Waals surface area (Å²) >= 11 is 11.2. The second kappa shape index (κ2) is 6.18. The Morgan fingerprint density at radius 2 is 1.70 bits per heavy atom. The molecular weight excluding hydrogens is 376 g/mol. The monoisotopic (exact) mass is 384 g/mol. The Hall–Kier alpha value is -1.51. The second-order valence-corrected chi connectivity index (χ2v) is 7.26. The van der Waals surface area contributed by atoms with Crippen LogP contribution in [-0.4, -0.2) is 20.4 Å². The van der Waals surface area contributed by atoms with Gasteiger partial charge in [-0.05, 0) is 30.3 Å². The lowest BCUT2D eigenvalue weighted by Crippen LogP contribution is -2.29. The summed E-state index contributed by atoms with van der Waals surface area (Å²) in [5.41, 5.74) is -1.34. The van der Waals surface area contributed by atoms with Gasteiger partial charge in [0, 0.05) is 18.3 Å². The number of alkyl halides is 3. The lowest BCUT2D eigenvalue weighted by molar-refractivity contribution is -0.139. The van der Waals surface area contributed by atoms with Crippen molar-refractivity contribution in [1.29, 1.82) is 0 Å². The standard InChI is InChI=1S/C13H9Cl2F3N2O2S/c1-20(12-5-3-9(15)7-19-12)23(21,22)11-4-2-8(14)6-10(11)13(16,17)18/h2-7H,1H3. The number of rotatable bonds is 3. The molecule has 1 aromatic carbocycles. The zero-order chi connectivity index (χ0) is 17.4. The fourth-order valence-corrected chi connectivity index (χ4v) is 3.40. The Balaban J connectivity index is 2.58. The molecule has 1 aromatic heterocycles. The quantitative estimate of drug-likeness (QED) is 0.795. The number of hydrogen-bond acceptors (Lipinski definition) is 3. The minimum absolute atomic E-state index is 0.0718. The van der Waals surface area contributed by atoms with Crippen molar-refractivity contribution in [2.75, 3.05) is 11.4 Å². The van der Waals surface area contributed by atoms with Gasteiger partial charge in [0.25, 0.3) is 10.0 Å². The largest absolute Gasteiger partial charge is 0.417 e. The highest BCUT2D eigenvalue weighted by Gasteiger charge is 2.39. The van der Waals surface area contributed by atoms with Crippen LogP contribution in [0.1, 0.15) is 5.56 Å². The van der Waals surface area contributed by atoms with Crippen LogP contribution in [0.4, 0.5) is 19.0 Å². The fraction of sp³-hybridized carbons (Fsp3) is 0.154. The SMILES string of the molecule is CN(c1ccc(Cl)cn1)S(=O)(=O)c1ccc(Cl)cc1C(F)(F)F. The number of sulfonamides is 1. The number of pyridine rings is 1. The molecule has 10 heteroatoms. The third-order valence-electron chi connectivity index (χ3n) is 2.92. The van der Waals surface area contributed by atoms with E-state index in [0.29, 0.717) is 10.4 Å². The van der Waals surface area contributed by atoms with E-state index in [0.717, 1.165) is 19.2 Å². The van der Waals surface area contributed by atoms with Gasteiger partial charge < -0.3 is 0 Å². The predicted molar refractivity (Wildman–Crippen MR) is 81.3 cm³/mol. The summed E-state index contributed by atoms with van der Waals surface area (Å²) in [6, 6.07) is 5.11. The Labute approximate surface area is 140 Å². The molecule has 0 fully saturated rings. The molecule has 0 aliphatic rings. The third-order valence-corrected chi connectivity index (χ3v) is 5.20. The number of halogens is 5. The molecule has 0 N–H and O–H groups in total. The molecule has 0 unspecified atom stereocenters. The first-order valence-electron chi connectivity index (χ1n) is 6.00. The Morgan fingerprint density at radius 3 is 2.22 bits per heavy atom. The maximum atomic E-state index is 13.1. The fourth-order valence-electron chi connectivity index (χ4n) is 1.77. The number of benzene rings is 1. The molecule has 0 radical (unpaired) electrons. The molecular formula is C13H9Cl2F3N2O2S. The van der Waals surface area contributed by atoms with E-state index in [2.05, 4.69) is 4.98 Å². The molecule has 0 aliphatic heterocycles. The van der Waals surface area contributed by atoms with Crippen molar-refractivity contribution in [3.63, 3.8) is 0 Å². The molecule has 0 bridgehead atoms. The van der Waals surface area contributed by atoms with Gasteiger partial charge in [0.15, 0.2) is 0 Å². The smallest absolute Gasteiger partial charge is 0.253 e. The van der Waals surface area contributed by atoms with Crippen LogP contribution in [0.25, 0.3) is 0 Å². The topological polar surface area (TPSA) is 50.3 Å². The van der Waals surface area contributed by atoms with Gasteiger partial charge in [-0.15, -0.1) is 0 Å². The molecule has 0 saturated heterocycles.